The van der Waals surface area contributed by atoms with Crippen molar-refractivity contribution in [3.63, 3.8) is 0 Å². The molecule has 12 nitrogen and oxygen atoms in total. The molecular weight excluding hydrogens is 717 g/mol. The van der Waals surface area contributed by atoms with Crippen LogP contribution in [0.3, 0.4) is 0 Å². The van der Waals surface area contributed by atoms with E-state index < -0.39 is 31.8 Å². The summed E-state index contributed by atoms with van der Waals surface area (Å²) in [4.78, 5) is 25.4. The van der Waals surface area contributed by atoms with Crippen LogP contribution in [0.2, 0.25) is 0 Å². The highest BCUT2D eigenvalue weighted by Crippen LogP contribution is 2.29. The van der Waals surface area contributed by atoms with E-state index in [2.05, 4.69) is 31.3 Å². The first-order valence-corrected chi connectivity index (χ1v) is 18.1. The molecule has 0 aliphatic carbocycles. The molecule has 3 heterocycles. The number of hydrogen-bond acceptors (Lipinski definition) is 8. The van der Waals surface area contributed by atoms with Crippen molar-refractivity contribution in [3.05, 3.63) is 60.2 Å². The first-order chi connectivity index (χ1) is 21.6. The van der Waals surface area contributed by atoms with Gasteiger partial charge >= 0.3 is 11.9 Å². The van der Waals surface area contributed by atoms with Crippen LogP contribution in [0, 0.1) is 11.8 Å². The fourth-order valence-corrected chi connectivity index (χ4v) is 8.65. The predicted molar refractivity (Wildman–Crippen MR) is 219 cm³/mol. The van der Waals surface area contributed by atoms with Crippen LogP contribution in [0.4, 0.5) is 0 Å². The fraction of sp³-hybridized carbons (Fsp3) is 0.529. The summed E-state index contributed by atoms with van der Waals surface area (Å²) < 4.78 is 54.4. The molecule has 288 valence electrons. The Morgan fingerprint density at radius 3 is 1.96 bits per heavy atom. The Bertz CT molecular complexity index is 1720. The number of ether oxygens (including phenoxy) is 2. The third-order valence-corrected chi connectivity index (χ3v) is 11.4. The fourth-order valence-electron chi connectivity index (χ4n) is 4.79. The van der Waals surface area contributed by atoms with Gasteiger partial charge in [-0.05, 0) is 25.7 Å². The van der Waals surface area contributed by atoms with Crippen LogP contribution in [0.25, 0.3) is 12.2 Å². The van der Waals surface area contributed by atoms with Gasteiger partial charge in [-0.1, -0.05) is 73.4 Å². The van der Waals surface area contributed by atoms with Gasteiger partial charge < -0.3 is 18.6 Å². The Balaban J connectivity index is -0.000000820. The van der Waals surface area contributed by atoms with E-state index in [9.17, 15) is 18.0 Å². The molecule has 0 fully saturated rings. The zero-order chi connectivity index (χ0) is 35.0. The number of rotatable bonds is 11. The molecular formula is C34H62N6O6S4. The largest absolute Gasteiger partial charge is 0.461 e. The maximum Gasteiger partial charge on any atom is 0.355 e. The third-order valence-electron chi connectivity index (χ3n) is 7.37. The Kier molecular flexibility index (Phi) is 22.9. The van der Waals surface area contributed by atoms with Gasteiger partial charge in [0.2, 0.25) is 0 Å². The second kappa shape index (κ2) is 22.2. The summed E-state index contributed by atoms with van der Waals surface area (Å²) in [5.74, 6) is -0.465. The van der Waals surface area contributed by atoms with Crippen LogP contribution in [0.5, 0.6) is 0 Å². The van der Waals surface area contributed by atoms with E-state index in [0.717, 1.165) is 0 Å². The van der Waals surface area contributed by atoms with Crippen molar-refractivity contribution in [1.29, 1.82) is 0 Å². The van der Waals surface area contributed by atoms with E-state index in [4.69, 9.17) is 9.47 Å². The molecule has 3 rings (SSSR count). The van der Waals surface area contributed by atoms with Crippen LogP contribution in [0.15, 0.2) is 56.2 Å². The van der Waals surface area contributed by atoms with Gasteiger partial charge in [-0.3, -0.25) is 0 Å². The zero-order valence-corrected chi connectivity index (χ0v) is 33.3. The van der Waals surface area contributed by atoms with Gasteiger partial charge in [-0.15, -0.1) is 6.58 Å². The molecule has 0 amide bonds. The summed E-state index contributed by atoms with van der Waals surface area (Å²) in [6.07, 6.45) is 10.3. The summed E-state index contributed by atoms with van der Waals surface area (Å²) in [6.45, 7) is 19.7. The number of fused-ring (bicyclic) bond motifs is 1. The number of nitrogens with one attached hydrogen (secondary N) is 2. The molecule has 1 aliphatic heterocycles. The van der Waals surface area contributed by atoms with Gasteiger partial charge in [-0.2, -0.15) is 27.0 Å². The minimum atomic E-state index is -2.95. The van der Waals surface area contributed by atoms with Crippen molar-refractivity contribution in [2.45, 2.75) is 78.3 Å². The SMILES string of the molecule is C.C.C=Cc1c(S(=O)(=NC)NC(C=C)C(C)C)cn(C)c1C(=O)OCC.CCOC(=O)c1c2c(cn1C)S(=O)(=NC)N[C@@H](C(C)C)C=C2.S.S. The van der Waals surface area contributed by atoms with Gasteiger partial charge in [0.15, 0.2) is 0 Å². The van der Waals surface area contributed by atoms with Crippen LogP contribution >= 0.6 is 27.0 Å². The molecule has 4 atom stereocenters. The molecule has 2 N–H and O–H groups in total. The quantitative estimate of drug-likeness (QED) is 0.191. The van der Waals surface area contributed by atoms with Crippen molar-refractivity contribution in [2.24, 2.45) is 34.7 Å². The van der Waals surface area contributed by atoms with E-state index in [0.29, 0.717) is 38.9 Å². The highest BCUT2D eigenvalue weighted by atomic mass is 32.2. The number of esters is 2. The standard InChI is InChI=1S/C17H27N3O3S.C15H23N3O3S.2CH4.2H2S/c1-8-13-15(11-20(7)16(13)17(21)23-10-3)24(22,18-6)19-14(9-2)12(4)5;1-6-21-15(19)14-11-7-8-12(10(2)3)17-22(20,16-4)13(11)9-18(14)5;;;;/h8-9,11-12,14H,1-2,10H2,3-7H3,(H,18,19,22);7-10,12H,6H2,1-5H3,(H,16,17,20);2*1H4;2*1H2/t;12-,22?;;;;/m.1..../s1. The average molecular weight is 779 g/mol. The van der Waals surface area contributed by atoms with Gasteiger partial charge in [0.1, 0.15) is 31.2 Å². The maximum absolute atomic E-state index is 13.4. The summed E-state index contributed by atoms with van der Waals surface area (Å²) >= 11 is 0. The molecule has 0 saturated carbocycles. The first kappa shape index (κ1) is 51.6. The molecule has 0 spiro atoms. The number of carbonyl (C=O) groups excluding carboxylic acids is 2. The Labute approximate surface area is 316 Å². The van der Waals surface area contributed by atoms with Crippen LogP contribution in [-0.2, 0) is 43.4 Å². The van der Waals surface area contributed by atoms with Crippen LogP contribution < -0.4 is 9.44 Å². The first-order valence-electron chi connectivity index (χ1n) is 15.1. The third kappa shape index (κ3) is 11.4. The smallest absolute Gasteiger partial charge is 0.355 e. The number of hydrogen-bond donors (Lipinski definition) is 2. The second-order valence-electron chi connectivity index (χ2n) is 11.2. The van der Waals surface area contributed by atoms with E-state index in [1.165, 1.54) is 20.2 Å². The average Bonchev–Trinajstić information content (AvgIpc) is 3.49. The second-order valence-corrected chi connectivity index (χ2v) is 15.3. The summed E-state index contributed by atoms with van der Waals surface area (Å²) in [7, 11) is 0.717. The molecule has 2 aromatic rings. The maximum atomic E-state index is 13.4. The normalized spacial score (nSPS) is 17.6. The van der Waals surface area contributed by atoms with Gasteiger partial charge in [0, 0.05) is 63.8 Å². The van der Waals surface area contributed by atoms with Crippen molar-refractivity contribution < 1.29 is 27.5 Å². The van der Waals surface area contributed by atoms with Crippen LogP contribution in [-0.4, -0.2) is 68.9 Å². The van der Waals surface area contributed by atoms with Crippen LogP contribution in [0.1, 0.15) is 88.5 Å². The number of carbonyl (C=O) groups is 2. The molecule has 2 aromatic heterocycles. The summed E-state index contributed by atoms with van der Waals surface area (Å²) in [5.41, 5.74) is 1.79. The molecule has 0 saturated heterocycles. The Morgan fingerprint density at radius 1 is 1.02 bits per heavy atom. The molecule has 50 heavy (non-hydrogen) atoms. The minimum absolute atomic E-state index is 0. The molecule has 16 heteroatoms. The van der Waals surface area contributed by atoms with E-state index in [1.54, 1.807) is 55.5 Å². The molecule has 0 bridgehead atoms. The monoisotopic (exact) mass is 778 g/mol. The van der Waals surface area contributed by atoms with E-state index in [1.807, 2.05) is 39.8 Å². The van der Waals surface area contributed by atoms with Gasteiger partial charge in [0.05, 0.1) is 23.0 Å². The van der Waals surface area contributed by atoms with E-state index in [-0.39, 0.29) is 72.4 Å². The molecule has 0 aromatic carbocycles. The highest BCUT2D eigenvalue weighted by molar-refractivity contribution is 7.92. The lowest BCUT2D eigenvalue weighted by molar-refractivity contribution is 0.0505. The predicted octanol–water partition coefficient (Wildman–Crippen LogP) is 6.73. The number of aryl methyl sites for hydroxylation is 2. The number of aromatic nitrogens is 2. The van der Waals surface area contributed by atoms with Crippen molar-refractivity contribution in [1.82, 2.24) is 18.6 Å². The van der Waals surface area contributed by atoms with Crippen molar-refractivity contribution in [3.8, 4) is 0 Å². The summed E-state index contributed by atoms with van der Waals surface area (Å²) in [6, 6.07) is -0.269. The topological polar surface area (TPSA) is 145 Å². The highest BCUT2D eigenvalue weighted by Gasteiger charge is 2.31. The lowest BCUT2D eigenvalue weighted by atomic mass is 10.0. The molecule has 3 unspecified atom stereocenters. The van der Waals surface area contributed by atoms with Crippen molar-refractivity contribution in [2.75, 3.05) is 27.3 Å². The zero-order valence-electron chi connectivity index (χ0n) is 29.7. The van der Waals surface area contributed by atoms with Gasteiger partial charge in [0.25, 0.3) is 0 Å². The molecule has 0 radical (unpaired) electrons. The summed E-state index contributed by atoms with van der Waals surface area (Å²) in [5, 5.41) is 0. The lowest BCUT2D eigenvalue weighted by Gasteiger charge is -2.21. The Morgan fingerprint density at radius 2 is 1.54 bits per heavy atom. The number of nitrogens with zero attached hydrogens (tertiary/aromatic N) is 4. The lowest BCUT2D eigenvalue weighted by Crippen LogP contribution is -2.36. The van der Waals surface area contributed by atoms with Gasteiger partial charge in [-0.25, -0.2) is 36.2 Å². The Hall–Kier alpha value is -2.76. The van der Waals surface area contributed by atoms with E-state index >= 15 is 0 Å². The minimum Gasteiger partial charge on any atom is -0.461 e. The molecule has 1 aliphatic rings. The van der Waals surface area contributed by atoms with Crippen molar-refractivity contribution >= 4 is 70.9 Å².